The van der Waals surface area contributed by atoms with Crippen LogP contribution in [0.4, 0.5) is 11.4 Å². The summed E-state index contributed by atoms with van der Waals surface area (Å²) >= 11 is 0. The molecule has 0 atom stereocenters. The molecule has 2 N–H and O–H groups in total. The number of rotatable bonds is 5. The van der Waals surface area contributed by atoms with Gasteiger partial charge in [-0.3, -0.25) is 14.3 Å². The number of anilines is 2. The maximum atomic E-state index is 11.3. The fourth-order valence-electron chi connectivity index (χ4n) is 1.31. The highest BCUT2D eigenvalue weighted by atomic mass is 32.2. The summed E-state index contributed by atoms with van der Waals surface area (Å²) in [4.78, 5) is 22.1. The van der Waals surface area contributed by atoms with Crippen LogP contribution < -0.4 is 10.0 Å². The molecular formula is C11H14N2O4S. The molecule has 18 heavy (non-hydrogen) atoms. The van der Waals surface area contributed by atoms with E-state index in [1.807, 2.05) is 0 Å². The molecule has 0 radical (unpaired) electrons. The minimum absolute atomic E-state index is 0.205. The van der Waals surface area contributed by atoms with E-state index < -0.39 is 15.9 Å². The third-order valence-corrected chi connectivity index (χ3v) is 2.47. The second kappa shape index (κ2) is 5.63. The van der Waals surface area contributed by atoms with E-state index in [9.17, 15) is 18.0 Å². The van der Waals surface area contributed by atoms with Crippen molar-refractivity contribution in [1.82, 2.24) is 0 Å². The van der Waals surface area contributed by atoms with Gasteiger partial charge < -0.3 is 5.32 Å². The first-order valence-corrected chi connectivity index (χ1v) is 7.02. The Morgan fingerprint density at radius 1 is 1.22 bits per heavy atom. The summed E-state index contributed by atoms with van der Waals surface area (Å²) in [7, 11) is -3.36. The first-order chi connectivity index (χ1) is 8.26. The summed E-state index contributed by atoms with van der Waals surface area (Å²) in [6, 6.07) is 6.23. The summed E-state index contributed by atoms with van der Waals surface area (Å²) < 4.78 is 24.4. The van der Waals surface area contributed by atoms with Crippen molar-refractivity contribution in [3.8, 4) is 0 Å². The molecule has 0 fully saturated rings. The van der Waals surface area contributed by atoms with Gasteiger partial charge in [0.2, 0.25) is 15.9 Å². The lowest BCUT2D eigenvalue weighted by Crippen LogP contribution is -2.15. The quantitative estimate of drug-likeness (QED) is 0.780. The third-order valence-electron chi connectivity index (χ3n) is 1.86. The Balaban J connectivity index is 2.76. The third kappa shape index (κ3) is 5.44. The van der Waals surface area contributed by atoms with E-state index >= 15 is 0 Å². The first-order valence-electron chi connectivity index (χ1n) is 5.13. The molecule has 1 amide bonds. The molecule has 0 saturated heterocycles. The number of hydrogen-bond acceptors (Lipinski definition) is 4. The average Bonchev–Trinajstić information content (AvgIpc) is 2.13. The van der Waals surface area contributed by atoms with Crippen molar-refractivity contribution in [3.05, 3.63) is 24.3 Å². The van der Waals surface area contributed by atoms with Crippen molar-refractivity contribution in [3.63, 3.8) is 0 Å². The van der Waals surface area contributed by atoms with E-state index in [1.165, 1.54) is 13.0 Å². The number of carbonyl (C=O) groups is 2. The molecule has 0 bridgehead atoms. The minimum atomic E-state index is -3.36. The molecule has 1 aromatic carbocycles. The predicted octanol–water partition coefficient (Wildman–Crippen LogP) is 0.976. The van der Waals surface area contributed by atoms with Crippen LogP contribution in [-0.4, -0.2) is 26.4 Å². The van der Waals surface area contributed by atoms with Crippen LogP contribution in [0.3, 0.4) is 0 Å². The lowest BCUT2D eigenvalue weighted by molar-refractivity contribution is -0.124. The maximum absolute atomic E-state index is 11.3. The molecule has 98 valence electrons. The summed E-state index contributed by atoms with van der Waals surface area (Å²) in [5, 5.41) is 2.50. The number of ketones is 1. The molecule has 0 aromatic heterocycles. The van der Waals surface area contributed by atoms with Crippen molar-refractivity contribution < 1.29 is 18.0 Å². The van der Waals surface area contributed by atoms with Gasteiger partial charge in [-0.1, -0.05) is 6.07 Å². The molecule has 0 aliphatic heterocycles. The van der Waals surface area contributed by atoms with E-state index in [2.05, 4.69) is 10.0 Å². The van der Waals surface area contributed by atoms with E-state index in [0.717, 1.165) is 6.26 Å². The number of nitrogens with one attached hydrogen (secondary N) is 2. The zero-order valence-corrected chi connectivity index (χ0v) is 10.9. The molecule has 1 rings (SSSR count). The fourth-order valence-corrected chi connectivity index (χ4v) is 1.86. The van der Waals surface area contributed by atoms with Gasteiger partial charge in [0.15, 0.2) is 0 Å². The van der Waals surface area contributed by atoms with Gasteiger partial charge in [0.1, 0.15) is 5.78 Å². The fraction of sp³-hybridized carbons (Fsp3) is 0.273. The Morgan fingerprint density at radius 3 is 2.39 bits per heavy atom. The van der Waals surface area contributed by atoms with Gasteiger partial charge in [-0.25, -0.2) is 8.42 Å². The largest absolute Gasteiger partial charge is 0.326 e. The number of carbonyl (C=O) groups excluding carboxylic acids is 2. The molecule has 0 aliphatic carbocycles. The van der Waals surface area contributed by atoms with Crippen LogP contribution in [-0.2, 0) is 19.6 Å². The molecule has 0 unspecified atom stereocenters. The summed E-state index contributed by atoms with van der Waals surface area (Å²) in [6.45, 7) is 1.32. The second-order valence-electron chi connectivity index (χ2n) is 3.88. The van der Waals surface area contributed by atoms with Gasteiger partial charge in [-0.15, -0.1) is 0 Å². The van der Waals surface area contributed by atoms with Crippen molar-refractivity contribution in [2.24, 2.45) is 0 Å². The Kier molecular flexibility index (Phi) is 4.43. The average molecular weight is 270 g/mol. The molecule has 0 spiro atoms. The Hall–Kier alpha value is -1.89. The van der Waals surface area contributed by atoms with Crippen LogP contribution in [0.2, 0.25) is 0 Å². The van der Waals surface area contributed by atoms with Gasteiger partial charge in [-0.05, 0) is 25.1 Å². The number of hydrogen-bond donors (Lipinski definition) is 2. The lowest BCUT2D eigenvalue weighted by atomic mass is 10.2. The molecule has 7 heteroatoms. The van der Waals surface area contributed by atoms with Crippen LogP contribution in [0.15, 0.2) is 24.3 Å². The van der Waals surface area contributed by atoms with Gasteiger partial charge in [-0.2, -0.15) is 0 Å². The maximum Gasteiger partial charge on any atom is 0.231 e. The SMILES string of the molecule is CC(=O)CC(=O)Nc1cccc(NS(C)(=O)=O)c1. The van der Waals surface area contributed by atoms with Gasteiger partial charge in [0.05, 0.1) is 18.4 Å². The Bertz CT molecular complexity index is 566. The number of sulfonamides is 1. The van der Waals surface area contributed by atoms with Crippen LogP contribution in [0.5, 0.6) is 0 Å². The Labute approximate surface area is 105 Å². The van der Waals surface area contributed by atoms with Crippen molar-refractivity contribution in [1.29, 1.82) is 0 Å². The standard InChI is InChI=1S/C11H14N2O4S/c1-8(14)6-11(15)12-9-4-3-5-10(7-9)13-18(2,16)17/h3-5,7,13H,6H2,1-2H3,(H,12,15). The smallest absolute Gasteiger partial charge is 0.231 e. The van der Waals surface area contributed by atoms with Gasteiger partial charge >= 0.3 is 0 Å². The minimum Gasteiger partial charge on any atom is -0.326 e. The molecule has 1 aromatic rings. The predicted molar refractivity (Wildman–Crippen MR) is 68.8 cm³/mol. The highest BCUT2D eigenvalue weighted by Gasteiger charge is 2.07. The normalized spacial score (nSPS) is 10.8. The molecular weight excluding hydrogens is 256 g/mol. The molecule has 0 saturated carbocycles. The monoisotopic (exact) mass is 270 g/mol. The highest BCUT2D eigenvalue weighted by Crippen LogP contribution is 2.16. The summed E-state index contributed by atoms with van der Waals surface area (Å²) in [5.41, 5.74) is 0.771. The van der Waals surface area contributed by atoms with Crippen molar-refractivity contribution in [2.45, 2.75) is 13.3 Å². The van der Waals surface area contributed by atoms with Gasteiger partial charge in [0.25, 0.3) is 0 Å². The number of amides is 1. The summed E-state index contributed by atoms with van der Waals surface area (Å²) in [5.74, 6) is -0.670. The van der Waals surface area contributed by atoms with Crippen LogP contribution in [0.1, 0.15) is 13.3 Å². The Morgan fingerprint density at radius 2 is 1.83 bits per heavy atom. The van der Waals surface area contributed by atoms with Crippen molar-refractivity contribution in [2.75, 3.05) is 16.3 Å². The number of benzene rings is 1. The van der Waals surface area contributed by atoms with Crippen LogP contribution in [0, 0.1) is 0 Å². The zero-order chi connectivity index (χ0) is 13.8. The molecule has 0 aliphatic rings. The van der Waals surface area contributed by atoms with Crippen LogP contribution >= 0.6 is 0 Å². The van der Waals surface area contributed by atoms with Crippen LogP contribution in [0.25, 0.3) is 0 Å². The molecule has 6 nitrogen and oxygen atoms in total. The van der Waals surface area contributed by atoms with E-state index in [-0.39, 0.29) is 12.2 Å². The first kappa shape index (κ1) is 14.2. The molecule has 0 heterocycles. The number of Topliss-reactive ketones (excluding diaryl/α,β-unsaturated/α-hetero) is 1. The lowest BCUT2D eigenvalue weighted by Gasteiger charge is -2.07. The van der Waals surface area contributed by atoms with E-state index in [0.29, 0.717) is 11.4 Å². The van der Waals surface area contributed by atoms with E-state index in [1.54, 1.807) is 18.2 Å². The second-order valence-corrected chi connectivity index (χ2v) is 5.63. The van der Waals surface area contributed by atoms with Crippen molar-refractivity contribution >= 4 is 33.1 Å². The topological polar surface area (TPSA) is 92.3 Å². The summed E-state index contributed by atoms with van der Waals surface area (Å²) in [6.07, 6.45) is 0.831. The van der Waals surface area contributed by atoms with E-state index in [4.69, 9.17) is 0 Å². The highest BCUT2D eigenvalue weighted by molar-refractivity contribution is 7.92. The zero-order valence-electron chi connectivity index (χ0n) is 10.1. The van der Waals surface area contributed by atoms with Gasteiger partial charge in [0, 0.05) is 5.69 Å².